The molecule has 0 atom stereocenters. The highest BCUT2D eigenvalue weighted by atomic mass is 16.2. The van der Waals surface area contributed by atoms with E-state index in [1.54, 1.807) is 4.68 Å². The molecular weight excluding hydrogens is 262 g/mol. The van der Waals surface area contributed by atoms with Crippen molar-refractivity contribution in [2.24, 2.45) is 7.05 Å². The van der Waals surface area contributed by atoms with Crippen molar-refractivity contribution in [1.82, 2.24) is 9.78 Å². The zero-order valence-corrected chi connectivity index (χ0v) is 14.0. The van der Waals surface area contributed by atoms with Crippen LogP contribution < -0.4 is 4.90 Å². The molecule has 1 amide bonds. The Bertz CT molecular complexity index is 400. The van der Waals surface area contributed by atoms with Crippen molar-refractivity contribution in [1.29, 1.82) is 0 Å². The van der Waals surface area contributed by atoms with Crippen molar-refractivity contribution in [2.75, 3.05) is 11.4 Å². The third-order valence-electron chi connectivity index (χ3n) is 3.76. The van der Waals surface area contributed by atoms with Crippen molar-refractivity contribution < 1.29 is 4.79 Å². The highest BCUT2D eigenvalue weighted by Gasteiger charge is 2.17. The van der Waals surface area contributed by atoms with Crippen LogP contribution in [0.1, 0.15) is 71.6 Å². The molecule has 0 saturated carbocycles. The van der Waals surface area contributed by atoms with E-state index in [4.69, 9.17) is 0 Å². The van der Waals surface area contributed by atoms with Gasteiger partial charge >= 0.3 is 0 Å². The van der Waals surface area contributed by atoms with Crippen LogP contribution in [0.3, 0.4) is 0 Å². The number of amides is 1. The fraction of sp³-hybridized carbons (Fsp3) is 0.765. The average molecular weight is 293 g/mol. The van der Waals surface area contributed by atoms with Crippen LogP contribution in [-0.2, 0) is 11.8 Å². The van der Waals surface area contributed by atoms with E-state index in [1.165, 1.54) is 32.1 Å². The van der Waals surface area contributed by atoms with E-state index >= 15 is 0 Å². The summed E-state index contributed by atoms with van der Waals surface area (Å²) in [4.78, 5) is 14.3. The summed E-state index contributed by atoms with van der Waals surface area (Å²) < 4.78 is 1.76. The lowest BCUT2D eigenvalue weighted by Gasteiger charge is -2.20. The predicted octanol–water partition coefficient (Wildman–Crippen LogP) is 4.30. The molecule has 0 aliphatic heterocycles. The Hall–Kier alpha value is -1.32. The van der Waals surface area contributed by atoms with Crippen LogP contribution in [0.5, 0.6) is 0 Å². The first kappa shape index (κ1) is 17.7. The van der Waals surface area contributed by atoms with Crippen molar-refractivity contribution in [3.8, 4) is 0 Å². The SMILES string of the molecule is CCCCCCC(=O)N(CCCCCC)c1ccn(C)n1. The number of aryl methyl sites for hydroxylation is 1. The van der Waals surface area contributed by atoms with Gasteiger partial charge in [0.25, 0.3) is 0 Å². The number of nitrogens with zero attached hydrogens (tertiary/aromatic N) is 3. The number of carbonyl (C=O) groups is 1. The number of rotatable bonds is 11. The van der Waals surface area contributed by atoms with Crippen LogP contribution in [0.4, 0.5) is 5.82 Å². The van der Waals surface area contributed by atoms with Gasteiger partial charge in [-0.25, -0.2) is 0 Å². The van der Waals surface area contributed by atoms with Crippen molar-refractivity contribution in [2.45, 2.75) is 71.6 Å². The van der Waals surface area contributed by atoms with E-state index in [9.17, 15) is 4.79 Å². The molecule has 4 heteroatoms. The van der Waals surface area contributed by atoms with Crippen LogP contribution in [0, 0.1) is 0 Å². The Morgan fingerprint density at radius 3 is 2.33 bits per heavy atom. The third-order valence-corrected chi connectivity index (χ3v) is 3.76. The Morgan fingerprint density at radius 2 is 1.76 bits per heavy atom. The number of unbranched alkanes of at least 4 members (excludes halogenated alkanes) is 6. The van der Waals surface area contributed by atoms with Gasteiger partial charge in [-0.05, 0) is 12.8 Å². The number of hydrogen-bond donors (Lipinski definition) is 0. The molecule has 1 aromatic heterocycles. The lowest BCUT2D eigenvalue weighted by atomic mass is 10.1. The lowest BCUT2D eigenvalue weighted by molar-refractivity contribution is -0.118. The Labute approximate surface area is 129 Å². The molecule has 0 bridgehead atoms. The normalized spacial score (nSPS) is 10.8. The van der Waals surface area contributed by atoms with Crippen molar-refractivity contribution in [3.05, 3.63) is 12.3 Å². The minimum Gasteiger partial charge on any atom is -0.295 e. The van der Waals surface area contributed by atoms with E-state index in [0.29, 0.717) is 6.42 Å². The molecule has 0 unspecified atom stereocenters. The van der Waals surface area contributed by atoms with Gasteiger partial charge in [-0.2, -0.15) is 5.10 Å². The van der Waals surface area contributed by atoms with E-state index in [-0.39, 0.29) is 5.91 Å². The third kappa shape index (κ3) is 6.78. The van der Waals surface area contributed by atoms with Gasteiger partial charge in [-0.1, -0.05) is 52.4 Å². The summed E-state index contributed by atoms with van der Waals surface area (Å²) in [5.74, 6) is 1.02. The first-order chi connectivity index (χ1) is 10.2. The molecule has 0 aliphatic carbocycles. The van der Waals surface area contributed by atoms with E-state index < -0.39 is 0 Å². The second-order valence-electron chi connectivity index (χ2n) is 5.76. The summed E-state index contributed by atoms with van der Waals surface area (Å²) >= 11 is 0. The fourth-order valence-electron chi connectivity index (χ4n) is 2.45. The Balaban J connectivity index is 2.52. The smallest absolute Gasteiger partial charge is 0.228 e. The first-order valence-corrected chi connectivity index (χ1v) is 8.49. The molecule has 0 aromatic carbocycles. The summed E-state index contributed by atoms with van der Waals surface area (Å²) in [6.45, 7) is 5.19. The molecule has 1 rings (SSSR count). The van der Waals surface area contributed by atoms with Crippen LogP contribution in [0.15, 0.2) is 12.3 Å². The number of hydrogen-bond acceptors (Lipinski definition) is 2. The molecule has 120 valence electrons. The van der Waals surface area contributed by atoms with Crippen LogP contribution in [0.25, 0.3) is 0 Å². The molecule has 1 heterocycles. The molecule has 0 aliphatic rings. The Kier molecular flexibility index (Phi) is 8.79. The molecule has 1 aromatic rings. The van der Waals surface area contributed by atoms with Gasteiger partial charge in [0.2, 0.25) is 5.91 Å². The van der Waals surface area contributed by atoms with Crippen molar-refractivity contribution >= 4 is 11.7 Å². The van der Waals surface area contributed by atoms with E-state index in [1.807, 2.05) is 24.2 Å². The fourth-order valence-corrected chi connectivity index (χ4v) is 2.45. The number of aromatic nitrogens is 2. The summed E-state index contributed by atoms with van der Waals surface area (Å²) in [6, 6.07) is 1.93. The van der Waals surface area contributed by atoms with E-state index in [0.717, 1.165) is 31.6 Å². The van der Waals surface area contributed by atoms with Gasteiger partial charge in [0.15, 0.2) is 5.82 Å². The highest BCUT2D eigenvalue weighted by molar-refractivity contribution is 5.92. The van der Waals surface area contributed by atoms with Crippen LogP contribution in [0.2, 0.25) is 0 Å². The van der Waals surface area contributed by atoms with Gasteiger partial charge in [0.1, 0.15) is 0 Å². The van der Waals surface area contributed by atoms with E-state index in [2.05, 4.69) is 18.9 Å². The number of carbonyl (C=O) groups excluding carboxylic acids is 1. The quantitative estimate of drug-likeness (QED) is 0.570. The minimum atomic E-state index is 0.223. The summed E-state index contributed by atoms with van der Waals surface area (Å²) in [5, 5.41) is 4.40. The van der Waals surface area contributed by atoms with Gasteiger partial charge in [0.05, 0.1) is 0 Å². The summed E-state index contributed by atoms with van der Waals surface area (Å²) in [5.41, 5.74) is 0. The standard InChI is InChI=1S/C17H31N3O/c1-4-6-8-10-12-17(21)20(14-11-9-7-5-2)16-13-15-19(3)18-16/h13,15H,4-12,14H2,1-3H3. The zero-order valence-electron chi connectivity index (χ0n) is 14.0. The second kappa shape index (κ2) is 10.4. The predicted molar refractivity (Wildman–Crippen MR) is 88.5 cm³/mol. The van der Waals surface area contributed by atoms with Gasteiger partial charge in [-0.3, -0.25) is 14.4 Å². The summed E-state index contributed by atoms with van der Waals surface area (Å²) in [7, 11) is 1.89. The lowest BCUT2D eigenvalue weighted by Crippen LogP contribution is -2.32. The molecule has 0 saturated heterocycles. The van der Waals surface area contributed by atoms with Crippen molar-refractivity contribution in [3.63, 3.8) is 0 Å². The molecule has 0 N–H and O–H groups in total. The molecule has 0 fully saturated rings. The maximum absolute atomic E-state index is 12.5. The van der Waals surface area contributed by atoms with Crippen LogP contribution in [-0.4, -0.2) is 22.2 Å². The summed E-state index contributed by atoms with van der Waals surface area (Å²) in [6.07, 6.45) is 11.8. The van der Waals surface area contributed by atoms with Crippen LogP contribution >= 0.6 is 0 Å². The molecule has 21 heavy (non-hydrogen) atoms. The second-order valence-corrected chi connectivity index (χ2v) is 5.76. The topological polar surface area (TPSA) is 38.1 Å². The average Bonchev–Trinajstić information content (AvgIpc) is 2.89. The van der Waals surface area contributed by atoms with Gasteiger partial charge in [-0.15, -0.1) is 0 Å². The largest absolute Gasteiger partial charge is 0.295 e. The molecule has 4 nitrogen and oxygen atoms in total. The first-order valence-electron chi connectivity index (χ1n) is 8.49. The maximum atomic E-state index is 12.5. The van der Waals surface area contributed by atoms with Gasteiger partial charge in [0, 0.05) is 32.3 Å². The highest BCUT2D eigenvalue weighted by Crippen LogP contribution is 2.15. The van der Waals surface area contributed by atoms with Gasteiger partial charge < -0.3 is 0 Å². The Morgan fingerprint density at radius 1 is 1.10 bits per heavy atom. The maximum Gasteiger partial charge on any atom is 0.228 e. The minimum absolute atomic E-state index is 0.223. The molecular formula is C17H31N3O. The monoisotopic (exact) mass is 293 g/mol. The number of anilines is 1. The zero-order chi connectivity index (χ0) is 15.5. The molecule has 0 spiro atoms. The molecule has 0 radical (unpaired) electrons.